The van der Waals surface area contributed by atoms with Crippen molar-refractivity contribution in [2.24, 2.45) is 0 Å². The third-order valence-electron chi connectivity index (χ3n) is 4.83. The van der Waals surface area contributed by atoms with Gasteiger partial charge in [0.05, 0.1) is 12.2 Å². The smallest absolute Gasteiger partial charge is 0.321 e. The number of hydrogen-bond donors (Lipinski definition) is 1. The summed E-state index contributed by atoms with van der Waals surface area (Å²) in [6.45, 7) is 2.80. The average molecular weight is 368 g/mol. The summed E-state index contributed by atoms with van der Waals surface area (Å²) in [5.74, 6) is 2.29. The number of carbonyl (C=O) groups is 1. The first-order valence-electron chi connectivity index (χ1n) is 9.31. The van der Waals surface area contributed by atoms with Crippen molar-refractivity contribution in [3.8, 4) is 11.5 Å². The van der Waals surface area contributed by atoms with Crippen LogP contribution in [0.1, 0.15) is 12.8 Å². The Hall–Kier alpha value is -2.96. The molecular weight excluding hydrogens is 344 g/mol. The number of ether oxygens (including phenoxy) is 2. The van der Waals surface area contributed by atoms with Crippen LogP contribution in [0.25, 0.3) is 0 Å². The monoisotopic (exact) mass is 368 g/mol. The molecule has 2 aliphatic rings. The third-order valence-corrected chi connectivity index (χ3v) is 4.83. The van der Waals surface area contributed by atoms with Gasteiger partial charge in [0.1, 0.15) is 6.61 Å². The predicted octanol–water partition coefficient (Wildman–Crippen LogP) is 2.99. The normalized spacial score (nSPS) is 18.3. The second kappa shape index (κ2) is 7.73. The van der Waals surface area contributed by atoms with Gasteiger partial charge in [0, 0.05) is 26.3 Å². The van der Waals surface area contributed by atoms with Gasteiger partial charge in [-0.1, -0.05) is 12.1 Å². The molecule has 142 valence electrons. The van der Waals surface area contributed by atoms with Crippen LogP contribution < -0.4 is 19.7 Å². The largest absolute Gasteiger partial charge is 0.486 e. The molecule has 2 amide bonds. The lowest BCUT2D eigenvalue weighted by atomic mass is 10.2. The van der Waals surface area contributed by atoms with Crippen molar-refractivity contribution in [3.63, 3.8) is 0 Å². The third kappa shape index (κ3) is 3.92. The van der Waals surface area contributed by atoms with E-state index in [4.69, 9.17) is 9.47 Å². The van der Waals surface area contributed by atoms with Crippen molar-refractivity contribution in [3.05, 3.63) is 42.6 Å². The number of likely N-dealkylation sites (N-methyl/N-ethyl adjacent to an activating group) is 1. The van der Waals surface area contributed by atoms with Gasteiger partial charge in [0.2, 0.25) is 0 Å². The van der Waals surface area contributed by atoms with Crippen molar-refractivity contribution >= 4 is 17.5 Å². The predicted molar refractivity (Wildman–Crippen MR) is 104 cm³/mol. The lowest BCUT2D eigenvalue weighted by Crippen LogP contribution is -2.43. The first-order chi connectivity index (χ1) is 13.2. The molecule has 0 saturated carbocycles. The molecule has 7 nitrogen and oxygen atoms in total. The Morgan fingerprint density at radius 3 is 2.81 bits per heavy atom. The second-order valence-electron chi connectivity index (χ2n) is 6.88. The highest BCUT2D eigenvalue weighted by molar-refractivity contribution is 5.92. The van der Waals surface area contributed by atoms with Gasteiger partial charge in [-0.05, 0) is 37.1 Å². The number of pyridine rings is 1. The van der Waals surface area contributed by atoms with Crippen molar-refractivity contribution < 1.29 is 14.3 Å². The van der Waals surface area contributed by atoms with Crippen molar-refractivity contribution in [1.82, 2.24) is 9.88 Å². The number of rotatable bonds is 4. The number of para-hydroxylation sites is 2. The first kappa shape index (κ1) is 17.5. The Morgan fingerprint density at radius 1 is 1.22 bits per heavy atom. The van der Waals surface area contributed by atoms with Gasteiger partial charge in [-0.3, -0.25) is 0 Å². The zero-order valence-electron chi connectivity index (χ0n) is 15.4. The first-order valence-corrected chi connectivity index (χ1v) is 9.31. The molecule has 0 radical (unpaired) electrons. The highest BCUT2D eigenvalue weighted by atomic mass is 16.6. The zero-order valence-corrected chi connectivity index (χ0v) is 15.4. The van der Waals surface area contributed by atoms with Gasteiger partial charge >= 0.3 is 6.03 Å². The summed E-state index contributed by atoms with van der Waals surface area (Å²) >= 11 is 0. The van der Waals surface area contributed by atoms with Gasteiger partial charge in [0.25, 0.3) is 0 Å². The maximum atomic E-state index is 12.7. The fourth-order valence-electron chi connectivity index (χ4n) is 3.43. The molecule has 3 heterocycles. The molecule has 0 unspecified atom stereocenters. The number of urea groups is 1. The minimum atomic E-state index is -0.206. The quantitative estimate of drug-likeness (QED) is 0.899. The van der Waals surface area contributed by atoms with E-state index in [0.29, 0.717) is 18.9 Å². The van der Waals surface area contributed by atoms with Crippen LogP contribution in [-0.2, 0) is 0 Å². The Balaban J connectivity index is 1.38. The van der Waals surface area contributed by atoms with Gasteiger partial charge < -0.3 is 24.6 Å². The van der Waals surface area contributed by atoms with Gasteiger partial charge in [-0.25, -0.2) is 9.78 Å². The Kier molecular flexibility index (Phi) is 5.00. The Morgan fingerprint density at radius 2 is 2.00 bits per heavy atom. The SMILES string of the molecule is CN(C[C@@H]1COc2ccccc2O1)C(=O)Nc1cccnc1N1CCCC1. The molecule has 1 fully saturated rings. The highest BCUT2D eigenvalue weighted by Crippen LogP contribution is 2.31. The number of nitrogens with one attached hydrogen (secondary N) is 1. The summed E-state index contributed by atoms with van der Waals surface area (Å²) < 4.78 is 11.7. The van der Waals surface area contributed by atoms with E-state index in [0.717, 1.165) is 43.2 Å². The Labute approximate surface area is 158 Å². The summed E-state index contributed by atoms with van der Waals surface area (Å²) in [5.41, 5.74) is 0.738. The average Bonchev–Trinajstić information content (AvgIpc) is 3.23. The van der Waals surface area contributed by atoms with Crippen LogP contribution in [-0.4, -0.2) is 55.3 Å². The molecule has 4 rings (SSSR count). The molecule has 1 N–H and O–H groups in total. The molecule has 0 aliphatic carbocycles. The number of amides is 2. The standard InChI is InChI=1S/C20H24N4O3/c1-23(13-15-14-26-17-8-2-3-9-18(17)27-15)20(25)22-16-7-6-10-21-19(16)24-11-4-5-12-24/h2-3,6-10,15H,4-5,11-14H2,1H3,(H,22,25)/t15-/m1/s1. The molecule has 1 aromatic heterocycles. The number of anilines is 2. The summed E-state index contributed by atoms with van der Waals surface area (Å²) in [4.78, 5) is 21.0. The number of aromatic nitrogens is 1. The molecule has 2 aliphatic heterocycles. The van der Waals surface area contributed by atoms with Crippen molar-refractivity contribution in [1.29, 1.82) is 0 Å². The van der Waals surface area contributed by atoms with E-state index in [2.05, 4.69) is 15.2 Å². The van der Waals surface area contributed by atoms with Crippen molar-refractivity contribution in [2.75, 3.05) is 43.5 Å². The van der Waals surface area contributed by atoms with Crippen LogP contribution >= 0.6 is 0 Å². The molecule has 27 heavy (non-hydrogen) atoms. The molecule has 7 heteroatoms. The van der Waals surface area contributed by atoms with Crippen LogP contribution in [0.3, 0.4) is 0 Å². The molecule has 1 saturated heterocycles. The summed E-state index contributed by atoms with van der Waals surface area (Å²) in [6, 6.07) is 11.1. The lowest BCUT2D eigenvalue weighted by molar-refractivity contribution is 0.0731. The van der Waals surface area contributed by atoms with E-state index < -0.39 is 0 Å². The van der Waals surface area contributed by atoms with E-state index >= 15 is 0 Å². The van der Waals surface area contributed by atoms with Gasteiger partial charge in [-0.15, -0.1) is 0 Å². The molecule has 2 aromatic rings. The van der Waals surface area contributed by atoms with Crippen LogP contribution in [0, 0.1) is 0 Å². The fourth-order valence-corrected chi connectivity index (χ4v) is 3.43. The number of fused-ring (bicyclic) bond motifs is 1. The van der Waals surface area contributed by atoms with Crippen LogP contribution in [0.4, 0.5) is 16.3 Å². The minimum Gasteiger partial charge on any atom is -0.486 e. The van der Waals surface area contributed by atoms with Crippen LogP contribution in [0.2, 0.25) is 0 Å². The summed E-state index contributed by atoms with van der Waals surface area (Å²) in [5, 5.41) is 2.98. The highest BCUT2D eigenvalue weighted by Gasteiger charge is 2.24. The van der Waals surface area contributed by atoms with Crippen LogP contribution in [0.15, 0.2) is 42.6 Å². The molecule has 0 spiro atoms. The minimum absolute atomic E-state index is 0.189. The van der Waals surface area contributed by atoms with E-state index in [1.807, 2.05) is 36.4 Å². The second-order valence-corrected chi connectivity index (χ2v) is 6.88. The molecular formula is C20H24N4O3. The molecule has 0 bridgehead atoms. The zero-order chi connectivity index (χ0) is 18.6. The number of hydrogen-bond acceptors (Lipinski definition) is 5. The van der Waals surface area contributed by atoms with E-state index in [1.54, 1.807) is 18.1 Å². The number of carbonyl (C=O) groups excluding carboxylic acids is 1. The fraction of sp³-hybridized carbons (Fsp3) is 0.400. The maximum absolute atomic E-state index is 12.7. The number of nitrogens with zero attached hydrogens (tertiary/aromatic N) is 3. The van der Waals surface area contributed by atoms with Crippen molar-refractivity contribution in [2.45, 2.75) is 18.9 Å². The molecule has 1 aromatic carbocycles. The van der Waals surface area contributed by atoms with E-state index in [1.165, 1.54) is 0 Å². The van der Waals surface area contributed by atoms with Gasteiger partial charge in [0.15, 0.2) is 23.4 Å². The van der Waals surface area contributed by atoms with E-state index in [9.17, 15) is 4.79 Å². The number of benzene rings is 1. The molecule has 1 atom stereocenters. The lowest BCUT2D eigenvalue weighted by Gasteiger charge is -2.30. The maximum Gasteiger partial charge on any atom is 0.321 e. The van der Waals surface area contributed by atoms with Gasteiger partial charge in [-0.2, -0.15) is 0 Å². The Bertz CT molecular complexity index is 807. The van der Waals surface area contributed by atoms with Crippen LogP contribution in [0.5, 0.6) is 11.5 Å². The summed E-state index contributed by atoms with van der Waals surface area (Å²) in [7, 11) is 1.76. The topological polar surface area (TPSA) is 66.9 Å². The van der Waals surface area contributed by atoms with E-state index in [-0.39, 0.29) is 12.1 Å². The summed E-state index contributed by atoms with van der Waals surface area (Å²) in [6.07, 6.45) is 3.87.